The fourth-order valence-electron chi connectivity index (χ4n) is 3.09. The quantitative estimate of drug-likeness (QED) is 0.903. The van der Waals surface area contributed by atoms with Gasteiger partial charge in [0.05, 0.1) is 6.54 Å². The van der Waals surface area contributed by atoms with Crippen LogP contribution in [-0.2, 0) is 4.79 Å². The summed E-state index contributed by atoms with van der Waals surface area (Å²) in [5.74, 6) is 1.08. The van der Waals surface area contributed by atoms with Crippen LogP contribution in [0.15, 0.2) is 18.2 Å². The van der Waals surface area contributed by atoms with Crippen molar-refractivity contribution in [2.75, 3.05) is 44.2 Å². The third kappa shape index (κ3) is 3.61. The monoisotopic (exact) mass is 301 g/mol. The maximum atomic E-state index is 12.2. The van der Waals surface area contributed by atoms with Crippen molar-refractivity contribution >= 4 is 11.6 Å². The Morgan fingerprint density at radius 3 is 2.59 bits per heavy atom. The number of nitrogens with one attached hydrogen (secondary N) is 1. The molecule has 0 unspecified atom stereocenters. The molecule has 3 rings (SSSR count). The average Bonchev–Trinajstić information content (AvgIpc) is 3.34. The second kappa shape index (κ2) is 6.69. The molecule has 0 bridgehead atoms. The Bertz CT molecular complexity index is 531. The van der Waals surface area contributed by atoms with Gasteiger partial charge in [-0.1, -0.05) is 12.1 Å². The first-order chi connectivity index (χ1) is 10.6. The Kier molecular flexibility index (Phi) is 4.67. The van der Waals surface area contributed by atoms with E-state index < -0.39 is 0 Å². The molecule has 1 saturated carbocycles. The molecule has 1 aromatic carbocycles. The first-order valence-corrected chi connectivity index (χ1v) is 8.45. The van der Waals surface area contributed by atoms with Gasteiger partial charge < -0.3 is 15.1 Å². The lowest BCUT2D eigenvalue weighted by Crippen LogP contribution is -2.51. The lowest BCUT2D eigenvalue weighted by atomic mass is 10.1. The number of hydrogen-bond acceptors (Lipinski definition) is 3. The second-order valence-corrected chi connectivity index (χ2v) is 6.66. The van der Waals surface area contributed by atoms with Crippen molar-refractivity contribution in [3.05, 3.63) is 29.3 Å². The van der Waals surface area contributed by atoms with E-state index in [2.05, 4.69) is 42.3 Å². The van der Waals surface area contributed by atoms with Gasteiger partial charge >= 0.3 is 0 Å². The van der Waals surface area contributed by atoms with Crippen molar-refractivity contribution in [3.8, 4) is 0 Å². The molecule has 1 heterocycles. The number of carbonyl (C=O) groups is 1. The van der Waals surface area contributed by atoms with E-state index in [0.29, 0.717) is 6.54 Å². The van der Waals surface area contributed by atoms with Crippen molar-refractivity contribution in [1.29, 1.82) is 0 Å². The molecule has 1 amide bonds. The van der Waals surface area contributed by atoms with E-state index in [-0.39, 0.29) is 5.91 Å². The summed E-state index contributed by atoms with van der Waals surface area (Å²) >= 11 is 0. The first kappa shape index (κ1) is 15.3. The van der Waals surface area contributed by atoms with Crippen molar-refractivity contribution in [2.45, 2.75) is 26.7 Å². The Morgan fingerprint density at radius 1 is 1.18 bits per heavy atom. The molecular formula is C18H27N3O. The molecule has 1 saturated heterocycles. The van der Waals surface area contributed by atoms with Gasteiger partial charge in [0.25, 0.3) is 0 Å². The number of benzene rings is 1. The van der Waals surface area contributed by atoms with Gasteiger partial charge in [-0.15, -0.1) is 0 Å². The fourth-order valence-corrected chi connectivity index (χ4v) is 3.09. The SMILES string of the molecule is Cc1cccc(N2CCN(C(=O)CNCC3CC3)CC2)c1C. The predicted octanol–water partition coefficient (Wildman–Crippen LogP) is 1.95. The van der Waals surface area contributed by atoms with Crippen LogP contribution in [0.1, 0.15) is 24.0 Å². The van der Waals surface area contributed by atoms with Crippen LogP contribution >= 0.6 is 0 Å². The maximum absolute atomic E-state index is 12.2. The molecule has 120 valence electrons. The Labute approximate surface area is 133 Å². The van der Waals surface area contributed by atoms with Crippen molar-refractivity contribution in [2.24, 2.45) is 5.92 Å². The summed E-state index contributed by atoms with van der Waals surface area (Å²) in [5.41, 5.74) is 4.01. The van der Waals surface area contributed by atoms with Gasteiger partial charge in [0.1, 0.15) is 0 Å². The summed E-state index contributed by atoms with van der Waals surface area (Å²) in [6.07, 6.45) is 2.66. The number of aryl methyl sites for hydroxylation is 1. The molecule has 1 aliphatic heterocycles. The zero-order valence-corrected chi connectivity index (χ0v) is 13.8. The molecule has 4 heteroatoms. The fraction of sp³-hybridized carbons (Fsp3) is 0.611. The van der Waals surface area contributed by atoms with Crippen LogP contribution in [-0.4, -0.2) is 50.1 Å². The van der Waals surface area contributed by atoms with Crippen LogP contribution < -0.4 is 10.2 Å². The van der Waals surface area contributed by atoms with Gasteiger partial charge in [-0.05, 0) is 56.3 Å². The van der Waals surface area contributed by atoms with Crippen molar-refractivity contribution < 1.29 is 4.79 Å². The minimum atomic E-state index is 0.251. The van der Waals surface area contributed by atoms with Crippen LogP contribution in [0, 0.1) is 19.8 Å². The number of nitrogens with zero attached hydrogens (tertiary/aromatic N) is 2. The minimum Gasteiger partial charge on any atom is -0.368 e. The molecule has 2 aliphatic rings. The van der Waals surface area contributed by atoms with Crippen LogP contribution in [0.2, 0.25) is 0 Å². The van der Waals surface area contributed by atoms with Crippen LogP contribution in [0.25, 0.3) is 0 Å². The summed E-state index contributed by atoms with van der Waals surface area (Å²) in [6, 6.07) is 6.47. The predicted molar refractivity (Wildman–Crippen MR) is 90.3 cm³/mol. The lowest BCUT2D eigenvalue weighted by molar-refractivity contribution is -0.130. The van der Waals surface area contributed by atoms with E-state index in [9.17, 15) is 4.79 Å². The van der Waals surface area contributed by atoms with Gasteiger partial charge in [-0.3, -0.25) is 4.79 Å². The summed E-state index contributed by atoms with van der Waals surface area (Å²) in [4.78, 5) is 16.6. The molecule has 0 radical (unpaired) electrons. The molecule has 4 nitrogen and oxygen atoms in total. The van der Waals surface area contributed by atoms with E-state index in [1.54, 1.807) is 0 Å². The standard InChI is InChI=1S/C18H27N3O/c1-14-4-3-5-17(15(14)2)20-8-10-21(11-9-20)18(22)13-19-12-16-6-7-16/h3-5,16,19H,6-13H2,1-2H3. The average molecular weight is 301 g/mol. The van der Waals surface area contributed by atoms with E-state index >= 15 is 0 Å². The van der Waals surface area contributed by atoms with Gasteiger partial charge in [0.2, 0.25) is 5.91 Å². The Balaban J connectivity index is 1.49. The molecule has 0 atom stereocenters. The number of carbonyl (C=O) groups excluding carboxylic acids is 1. The second-order valence-electron chi connectivity index (χ2n) is 6.66. The Morgan fingerprint density at radius 2 is 1.91 bits per heavy atom. The largest absolute Gasteiger partial charge is 0.368 e. The van der Waals surface area contributed by atoms with Gasteiger partial charge in [0.15, 0.2) is 0 Å². The van der Waals surface area contributed by atoms with Gasteiger partial charge in [-0.2, -0.15) is 0 Å². The Hall–Kier alpha value is -1.55. The van der Waals surface area contributed by atoms with E-state index in [0.717, 1.165) is 38.6 Å². The van der Waals surface area contributed by atoms with Gasteiger partial charge in [-0.25, -0.2) is 0 Å². The summed E-state index contributed by atoms with van der Waals surface area (Å²) < 4.78 is 0. The normalized spacial score (nSPS) is 18.6. The summed E-state index contributed by atoms with van der Waals surface area (Å²) in [7, 11) is 0. The van der Waals surface area contributed by atoms with Gasteiger partial charge in [0, 0.05) is 31.9 Å². The van der Waals surface area contributed by atoms with Crippen LogP contribution in [0.3, 0.4) is 0 Å². The number of hydrogen-bond donors (Lipinski definition) is 1. The highest BCUT2D eigenvalue weighted by molar-refractivity contribution is 5.78. The number of anilines is 1. The van der Waals surface area contributed by atoms with Crippen LogP contribution in [0.5, 0.6) is 0 Å². The topological polar surface area (TPSA) is 35.6 Å². The molecule has 1 N–H and O–H groups in total. The van der Waals surface area contributed by atoms with E-state index in [1.807, 2.05) is 4.90 Å². The smallest absolute Gasteiger partial charge is 0.236 e. The molecule has 0 aromatic heterocycles. The highest BCUT2D eigenvalue weighted by Gasteiger charge is 2.24. The molecule has 22 heavy (non-hydrogen) atoms. The zero-order valence-electron chi connectivity index (χ0n) is 13.8. The third-order valence-electron chi connectivity index (χ3n) is 4.96. The highest BCUT2D eigenvalue weighted by atomic mass is 16.2. The van der Waals surface area contributed by atoms with Crippen molar-refractivity contribution in [3.63, 3.8) is 0 Å². The molecule has 2 fully saturated rings. The number of rotatable bonds is 5. The first-order valence-electron chi connectivity index (χ1n) is 8.45. The van der Waals surface area contributed by atoms with E-state index in [4.69, 9.17) is 0 Å². The molecule has 1 aliphatic carbocycles. The minimum absolute atomic E-state index is 0.251. The summed E-state index contributed by atoms with van der Waals surface area (Å²) in [5, 5.41) is 3.30. The number of piperazine rings is 1. The van der Waals surface area contributed by atoms with Crippen molar-refractivity contribution in [1.82, 2.24) is 10.2 Å². The maximum Gasteiger partial charge on any atom is 0.236 e. The third-order valence-corrected chi connectivity index (χ3v) is 4.96. The summed E-state index contributed by atoms with van der Waals surface area (Å²) in [6.45, 7) is 9.37. The van der Waals surface area contributed by atoms with Crippen LogP contribution in [0.4, 0.5) is 5.69 Å². The lowest BCUT2D eigenvalue weighted by Gasteiger charge is -2.37. The molecule has 1 aromatic rings. The number of amides is 1. The zero-order chi connectivity index (χ0) is 15.5. The molecular weight excluding hydrogens is 274 g/mol. The van der Waals surface area contributed by atoms with E-state index in [1.165, 1.54) is 29.7 Å². The molecule has 0 spiro atoms. The highest BCUT2D eigenvalue weighted by Crippen LogP contribution is 2.27.